The molecule has 1 aromatic rings. The highest BCUT2D eigenvalue weighted by Crippen LogP contribution is 2.21. The van der Waals surface area contributed by atoms with E-state index in [0.29, 0.717) is 17.9 Å². The molecular formula is C15H26FN3. The van der Waals surface area contributed by atoms with Gasteiger partial charge in [0.2, 0.25) is 0 Å². The fourth-order valence-electron chi connectivity index (χ4n) is 1.70. The standard InChI is InChI=1S/C15H26FN3/c1-7-11(2)19(6)14-13(16)12(8-9-17-14)10-18-15(3,4)5/h8-9,11,18H,7,10H2,1-6H3. The van der Waals surface area contributed by atoms with E-state index in [4.69, 9.17) is 0 Å². The molecule has 0 aliphatic rings. The van der Waals surface area contributed by atoms with Gasteiger partial charge in [-0.2, -0.15) is 0 Å². The summed E-state index contributed by atoms with van der Waals surface area (Å²) >= 11 is 0. The molecule has 0 radical (unpaired) electrons. The summed E-state index contributed by atoms with van der Waals surface area (Å²) < 4.78 is 14.5. The first-order chi connectivity index (χ1) is 8.76. The molecule has 0 amide bonds. The van der Waals surface area contributed by atoms with Crippen molar-refractivity contribution in [1.82, 2.24) is 10.3 Å². The molecule has 1 aromatic heterocycles. The predicted octanol–water partition coefficient (Wildman–Crippen LogP) is 3.34. The lowest BCUT2D eigenvalue weighted by atomic mass is 10.1. The number of hydrogen-bond acceptors (Lipinski definition) is 3. The highest BCUT2D eigenvalue weighted by Gasteiger charge is 2.17. The topological polar surface area (TPSA) is 28.2 Å². The molecular weight excluding hydrogens is 241 g/mol. The second kappa shape index (κ2) is 6.33. The number of rotatable bonds is 5. The summed E-state index contributed by atoms with van der Waals surface area (Å²) in [7, 11) is 1.89. The number of nitrogens with one attached hydrogen (secondary N) is 1. The molecule has 0 saturated heterocycles. The Morgan fingerprint density at radius 3 is 2.58 bits per heavy atom. The Morgan fingerprint density at radius 2 is 2.05 bits per heavy atom. The van der Waals surface area contributed by atoms with Crippen LogP contribution in [0.15, 0.2) is 12.3 Å². The van der Waals surface area contributed by atoms with Crippen molar-refractivity contribution in [1.29, 1.82) is 0 Å². The van der Waals surface area contributed by atoms with Crippen LogP contribution in [0.2, 0.25) is 0 Å². The van der Waals surface area contributed by atoms with Crippen molar-refractivity contribution in [2.45, 2.75) is 59.2 Å². The third-order valence-electron chi connectivity index (χ3n) is 3.35. The van der Waals surface area contributed by atoms with E-state index in [1.165, 1.54) is 0 Å². The molecule has 3 nitrogen and oxygen atoms in total. The van der Waals surface area contributed by atoms with E-state index in [9.17, 15) is 4.39 Å². The van der Waals surface area contributed by atoms with Crippen LogP contribution >= 0.6 is 0 Å². The Balaban J connectivity index is 2.92. The van der Waals surface area contributed by atoms with Gasteiger partial charge >= 0.3 is 0 Å². The molecule has 0 saturated carbocycles. The van der Waals surface area contributed by atoms with E-state index >= 15 is 0 Å². The smallest absolute Gasteiger partial charge is 0.170 e. The lowest BCUT2D eigenvalue weighted by Gasteiger charge is -2.26. The zero-order valence-electron chi connectivity index (χ0n) is 12.9. The van der Waals surface area contributed by atoms with Gasteiger partial charge in [-0.15, -0.1) is 0 Å². The number of nitrogens with zero attached hydrogens (tertiary/aromatic N) is 2. The zero-order chi connectivity index (χ0) is 14.6. The van der Waals surface area contributed by atoms with E-state index < -0.39 is 0 Å². The minimum Gasteiger partial charge on any atom is -0.355 e. The maximum atomic E-state index is 14.5. The molecule has 1 rings (SSSR count). The third-order valence-corrected chi connectivity index (χ3v) is 3.35. The van der Waals surface area contributed by atoms with Crippen molar-refractivity contribution in [3.63, 3.8) is 0 Å². The van der Waals surface area contributed by atoms with Crippen LogP contribution in [0.5, 0.6) is 0 Å². The Bertz CT molecular complexity index is 412. The van der Waals surface area contributed by atoms with E-state index in [-0.39, 0.29) is 17.4 Å². The van der Waals surface area contributed by atoms with Crippen LogP contribution in [0.25, 0.3) is 0 Å². The minimum absolute atomic E-state index is 0.0293. The first kappa shape index (κ1) is 15.9. The van der Waals surface area contributed by atoms with Crippen molar-refractivity contribution in [2.75, 3.05) is 11.9 Å². The van der Waals surface area contributed by atoms with Gasteiger partial charge in [0.25, 0.3) is 0 Å². The van der Waals surface area contributed by atoms with Crippen LogP contribution in [-0.4, -0.2) is 23.6 Å². The number of hydrogen-bond donors (Lipinski definition) is 1. The van der Waals surface area contributed by atoms with Gasteiger partial charge in [-0.3, -0.25) is 0 Å². The molecule has 1 unspecified atom stereocenters. The Hall–Kier alpha value is -1.16. The molecule has 0 aliphatic heterocycles. The zero-order valence-corrected chi connectivity index (χ0v) is 12.9. The predicted molar refractivity (Wildman–Crippen MR) is 78.9 cm³/mol. The lowest BCUT2D eigenvalue weighted by Crippen LogP contribution is -2.35. The molecule has 4 heteroatoms. The number of aromatic nitrogens is 1. The Morgan fingerprint density at radius 1 is 1.42 bits per heavy atom. The SMILES string of the molecule is CCC(C)N(C)c1nccc(CNC(C)(C)C)c1F. The van der Waals surface area contributed by atoms with Gasteiger partial charge in [0.15, 0.2) is 11.6 Å². The van der Waals surface area contributed by atoms with Crippen LogP contribution in [-0.2, 0) is 6.54 Å². The van der Waals surface area contributed by atoms with Crippen molar-refractivity contribution >= 4 is 5.82 Å². The van der Waals surface area contributed by atoms with E-state index in [2.05, 4.69) is 44.9 Å². The van der Waals surface area contributed by atoms with Gasteiger partial charge in [-0.05, 0) is 40.2 Å². The van der Waals surface area contributed by atoms with Gasteiger partial charge < -0.3 is 10.2 Å². The molecule has 0 aliphatic carbocycles. The minimum atomic E-state index is -0.220. The van der Waals surface area contributed by atoms with E-state index in [1.807, 2.05) is 11.9 Å². The molecule has 1 N–H and O–H groups in total. The monoisotopic (exact) mass is 267 g/mol. The summed E-state index contributed by atoms with van der Waals surface area (Å²) in [4.78, 5) is 6.07. The first-order valence-corrected chi connectivity index (χ1v) is 6.87. The van der Waals surface area contributed by atoms with Gasteiger partial charge in [-0.25, -0.2) is 9.37 Å². The fourth-order valence-corrected chi connectivity index (χ4v) is 1.70. The van der Waals surface area contributed by atoms with Crippen LogP contribution in [0.4, 0.5) is 10.2 Å². The number of halogens is 1. The third kappa shape index (κ3) is 4.46. The number of anilines is 1. The molecule has 19 heavy (non-hydrogen) atoms. The molecule has 1 atom stereocenters. The highest BCUT2D eigenvalue weighted by molar-refractivity contribution is 5.43. The molecule has 108 valence electrons. The highest BCUT2D eigenvalue weighted by atomic mass is 19.1. The summed E-state index contributed by atoms with van der Waals surface area (Å²) in [5.74, 6) is 0.213. The maximum Gasteiger partial charge on any atom is 0.170 e. The normalized spacial score (nSPS) is 13.4. The largest absolute Gasteiger partial charge is 0.355 e. The van der Waals surface area contributed by atoms with Crippen molar-refractivity contribution in [3.05, 3.63) is 23.6 Å². The fraction of sp³-hybridized carbons (Fsp3) is 0.667. The summed E-state index contributed by atoms with van der Waals surface area (Å²) in [5, 5.41) is 3.30. The van der Waals surface area contributed by atoms with Crippen LogP contribution in [0, 0.1) is 5.82 Å². The van der Waals surface area contributed by atoms with Gasteiger partial charge in [0, 0.05) is 36.9 Å². The first-order valence-electron chi connectivity index (χ1n) is 6.87. The van der Waals surface area contributed by atoms with Crippen LogP contribution in [0.3, 0.4) is 0 Å². The Labute approximate surface area is 116 Å². The average molecular weight is 267 g/mol. The van der Waals surface area contributed by atoms with E-state index in [1.54, 1.807) is 12.3 Å². The molecule has 0 aromatic carbocycles. The second-order valence-corrected chi connectivity index (χ2v) is 6.08. The molecule has 0 spiro atoms. The summed E-state index contributed by atoms with van der Waals surface area (Å²) in [6.07, 6.45) is 2.64. The van der Waals surface area contributed by atoms with Crippen LogP contribution in [0.1, 0.15) is 46.6 Å². The van der Waals surface area contributed by atoms with Crippen molar-refractivity contribution < 1.29 is 4.39 Å². The Kier molecular flexibility index (Phi) is 5.29. The number of pyridine rings is 1. The van der Waals surface area contributed by atoms with Gasteiger partial charge in [0.1, 0.15) is 0 Å². The van der Waals surface area contributed by atoms with E-state index in [0.717, 1.165) is 6.42 Å². The van der Waals surface area contributed by atoms with Crippen molar-refractivity contribution in [3.8, 4) is 0 Å². The van der Waals surface area contributed by atoms with Crippen molar-refractivity contribution in [2.24, 2.45) is 0 Å². The summed E-state index contributed by atoms with van der Waals surface area (Å²) in [6, 6.07) is 2.01. The molecule has 1 heterocycles. The lowest BCUT2D eigenvalue weighted by molar-refractivity contribution is 0.418. The van der Waals surface area contributed by atoms with Gasteiger partial charge in [0.05, 0.1) is 0 Å². The molecule has 0 fully saturated rings. The van der Waals surface area contributed by atoms with Crippen LogP contribution < -0.4 is 10.2 Å². The average Bonchev–Trinajstić information content (AvgIpc) is 2.34. The second-order valence-electron chi connectivity index (χ2n) is 6.08. The summed E-state index contributed by atoms with van der Waals surface area (Å²) in [5.41, 5.74) is 0.633. The van der Waals surface area contributed by atoms with Gasteiger partial charge in [-0.1, -0.05) is 6.92 Å². The maximum absolute atomic E-state index is 14.5. The molecule has 0 bridgehead atoms. The quantitative estimate of drug-likeness (QED) is 0.887. The summed E-state index contributed by atoms with van der Waals surface area (Å²) in [6.45, 7) is 10.9.